The Labute approximate surface area is 169 Å². The van der Waals surface area contributed by atoms with Crippen molar-refractivity contribution in [2.24, 2.45) is 4.99 Å². The van der Waals surface area contributed by atoms with E-state index in [4.69, 9.17) is 11.6 Å². The number of halogens is 1. The number of benzene rings is 2. The van der Waals surface area contributed by atoms with E-state index in [1.54, 1.807) is 22.8 Å². The fourth-order valence-corrected chi connectivity index (χ4v) is 4.74. The number of thiazole rings is 1. The van der Waals surface area contributed by atoms with Crippen LogP contribution in [0.15, 0.2) is 52.3 Å². The Hall–Kier alpha value is -2.90. The molecule has 6 nitrogen and oxygen atoms in total. The highest BCUT2D eigenvalue weighted by atomic mass is 35.5. The second kappa shape index (κ2) is 6.32. The number of aromatic nitrogens is 1. The van der Waals surface area contributed by atoms with Gasteiger partial charge < -0.3 is 10.2 Å². The SMILES string of the molecule is Cc1cccc(N2CN=c3sc(=C4C(=O)Nc5ccc(Cl)cc54)c(=O)n3C2)c1. The smallest absolute Gasteiger partial charge is 0.272 e. The van der Waals surface area contributed by atoms with E-state index < -0.39 is 0 Å². The van der Waals surface area contributed by atoms with Gasteiger partial charge >= 0.3 is 0 Å². The summed E-state index contributed by atoms with van der Waals surface area (Å²) in [7, 11) is 0. The molecule has 0 spiro atoms. The number of nitrogens with zero attached hydrogens (tertiary/aromatic N) is 3. The molecule has 2 aliphatic rings. The monoisotopic (exact) mass is 410 g/mol. The average molecular weight is 411 g/mol. The molecule has 2 aliphatic heterocycles. The third-order valence-corrected chi connectivity index (χ3v) is 6.22. The largest absolute Gasteiger partial charge is 0.334 e. The molecule has 2 aromatic carbocycles. The molecule has 3 aromatic rings. The number of carbonyl (C=O) groups excluding carboxylic acids is 1. The maximum atomic E-state index is 13.1. The van der Waals surface area contributed by atoms with Crippen LogP contribution < -0.4 is 25.1 Å². The molecule has 28 heavy (non-hydrogen) atoms. The lowest BCUT2D eigenvalue weighted by Crippen LogP contribution is -2.43. The highest BCUT2D eigenvalue weighted by Crippen LogP contribution is 2.32. The first-order chi connectivity index (χ1) is 13.5. The predicted molar refractivity (Wildman–Crippen MR) is 110 cm³/mol. The molecule has 0 saturated carbocycles. The number of hydrogen-bond donors (Lipinski definition) is 1. The van der Waals surface area contributed by atoms with Crippen LogP contribution in [-0.2, 0) is 11.5 Å². The number of anilines is 2. The van der Waals surface area contributed by atoms with Gasteiger partial charge in [0.1, 0.15) is 17.9 Å². The van der Waals surface area contributed by atoms with Crippen molar-refractivity contribution in [2.45, 2.75) is 13.6 Å². The summed E-state index contributed by atoms with van der Waals surface area (Å²) < 4.78 is 2.01. The summed E-state index contributed by atoms with van der Waals surface area (Å²) in [6.45, 7) is 2.89. The van der Waals surface area contributed by atoms with Gasteiger partial charge in [-0.05, 0) is 42.8 Å². The Balaban J connectivity index is 1.66. The van der Waals surface area contributed by atoms with Crippen molar-refractivity contribution in [1.29, 1.82) is 0 Å². The quantitative estimate of drug-likeness (QED) is 0.668. The van der Waals surface area contributed by atoms with E-state index in [0.717, 1.165) is 11.3 Å². The summed E-state index contributed by atoms with van der Waals surface area (Å²) in [6, 6.07) is 13.3. The molecule has 140 valence electrons. The van der Waals surface area contributed by atoms with Crippen molar-refractivity contribution in [2.75, 3.05) is 16.9 Å². The van der Waals surface area contributed by atoms with Gasteiger partial charge in [-0.3, -0.25) is 14.2 Å². The van der Waals surface area contributed by atoms with Crippen molar-refractivity contribution in [3.63, 3.8) is 0 Å². The number of hydrogen-bond acceptors (Lipinski definition) is 5. The van der Waals surface area contributed by atoms with Crippen molar-refractivity contribution >= 4 is 45.8 Å². The molecule has 0 atom stereocenters. The summed E-state index contributed by atoms with van der Waals surface area (Å²) in [6.07, 6.45) is 0. The van der Waals surface area contributed by atoms with E-state index >= 15 is 0 Å². The molecule has 1 amide bonds. The maximum Gasteiger partial charge on any atom is 0.272 e. The molecule has 3 heterocycles. The van der Waals surface area contributed by atoms with Gasteiger partial charge in [0.25, 0.3) is 11.5 Å². The Morgan fingerprint density at radius 2 is 2.04 bits per heavy atom. The number of nitrogens with one attached hydrogen (secondary N) is 1. The van der Waals surface area contributed by atoms with Gasteiger partial charge in [0.05, 0.1) is 5.57 Å². The molecule has 0 radical (unpaired) electrons. The van der Waals surface area contributed by atoms with Crippen LogP contribution in [0.2, 0.25) is 5.02 Å². The standard InChI is InChI=1S/C20H15ClN4O2S/c1-11-3-2-4-13(7-11)24-9-22-20-25(10-24)19(27)17(28-20)16-14-8-12(21)5-6-15(14)23-18(16)26/h2-8H,9-10H2,1H3,(H,23,26). The van der Waals surface area contributed by atoms with E-state index in [2.05, 4.69) is 16.4 Å². The van der Waals surface area contributed by atoms with Crippen LogP contribution in [0.1, 0.15) is 11.1 Å². The zero-order valence-corrected chi connectivity index (χ0v) is 16.5. The minimum Gasteiger partial charge on any atom is -0.334 e. The molecule has 8 heteroatoms. The lowest BCUT2D eigenvalue weighted by molar-refractivity contribution is -0.110. The van der Waals surface area contributed by atoms with E-state index in [1.807, 2.05) is 30.0 Å². The van der Waals surface area contributed by atoms with Crippen LogP contribution >= 0.6 is 22.9 Å². The van der Waals surface area contributed by atoms with Crippen molar-refractivity contribution < 1.29 is 4.79 Å². The predicted octanol–water partition coefficient (Wildman–Crippen LogP) is 2.08. The van der Waals surface area contributed by atoms with Crippen molar-refractivity contribution in [1.82, 2.24) is 4.57 Å². The van der Waals surface area contributed by atoms with Crippen LogP contribution in [0.5, 0.6) is 0 Å². The molecule has 0 fully saturated rings. The summed E-state index contributed by atoms with van der Waals surface area (Å²) in [5, 5.41) is 3.32. The number of carbonyl (C=O) groups is 1. The Morgan fingerprint density at radius 1 is 1.18 bits per heavy atom. The topological polar surface area (TPSA) is 66.7 Å². The fraction of sp³-hybridized carbons (Fsp3) is 0.150. The highest BCUT2D eigenvalue weighted by molar-refractivity contribution is 7.07. The van der Waals surface area contributed by atoms with E-state index in [0.29, 0.717) is 44.5 Å². The molecular weight excluding hydrogens is 396 g/mol. The Kier molecular flexibility index (Phi) is 3.89. The van der Waals surface area contributed by atoms with E-state index in [9.17, 15) is 9.59 Å². The molecule has 0 aliphatic carbocycles. The Morgan fingerprint density at radius 3 is 2.86 bits per heavy atom. The van der Waals surface area contributed by atoms with Gasteiger partial charge in [0, 0.05) is 22.0 Å². The third-order valence-electron chi connectivity index (χ3n) is 4.87. The Bertz CT molecular complexity index is 1320. The van der Waals surface area contributed by atoms with Gasteiger partial charge in [-0.15, -0.1) is 0 Å². The van der Waals surface area contributed by atoms with Gasteiger partial charge in [0.2, 0.25) is 0 Å². The van der Waals surface area contributed by atoms with Crippen LogP contribution in [0.25, 0.3) is 5.57 Å². The number of aryl methyl sites for hydroxylation is 1. The summed E-state index contributed by atoms with van der Waals surface area (Å²) in [4.78, 5) is 32.9. The average Bonchev–Trinajstić information content (AvgIpc) is 3.17. The molecule has 0 unspecified atom stereocenters. The summed E-state index contributed by atoms with van der Waals surface area (Å²) in [5.41, 5.74) is 3.64. The minimum atomic E-state index is -0.288. The highest BCUT2D eigenvalue weighted by Gasteiger charge is 2.28. The number of fused-ring (bicyclic) bond motifs is 2. The van der Waals surface area contributed by atoms with Crippen LogP contribution in [-0.4, -0.2) is 17.1 Å². The summed E-state index contributed by atoms with van der Waals surface area (Å²) in [5.74, 6) is -0.288. The molecular formula is C20H15ClN4O2S. The van der Waals surface area contributed by atoms with Crippen LogP contribution in [0.3, 0.4) is 0 Å². The molecule has 1 aromatic heterocycles. The number of rotatable bonds is 1. The van der Waals surface area contributed by atoms with Gasteiger partial charge in [-0.2, -0.15) is 0 Å². The first-order valence-corrected chi connectivity index (χ1v) is 9.92. The van der Waals surface area contributed by atoms with Crippen LogP contribution in [0, 0.1) is 6.92 Å². The zero-order chi connectivity index (χ0) is 19.4. The van der Waals surface area contributed by atoms with E-state index in [1.165, 1.54) is 11.3 Å². The van der Waals surface area contributed by atoms with E-state index in [-0.39, 0.29) is 11.5 Å². The van der Waals surface area contributed by atoms with Crippen LogP contribution in [0.4, 0.5) is 11.4 Å². The van der Waals surface area contributed by atoms with Crippen molar-refractivity contribution in [3.05, 3.63) is 78.3 Å². The van der Waals surface area contributed by atoms with Gasteiger partial charge in [0.15, 0.2) is 4.80 Å². The second-order valence-corrected chi connectivity index (χ2v) is 8.20. The normalized spacial score (nSPS) is 17.1. The molecule has 5 rings (SSSR count). The lowest BCUT2D eigenvalue weighted by Gasteiger charge is -2.25. The van der Waals surface area contributed by atoms with Crippen molar-refractivity contribution in [3.8, 4) is 0 Å². The maximum absolute atomic E-state index is 13.1. The van der Waals surface area contributed by atoms with Gasteiger partial charge in [-0.1, -0.05) is 35.1 Å². The first-order valence-electron chi connectivity index (χ1n) is 8.72. The fourth-order valence-electron chi connectivity index (χ4n) is 3.51. The second-order valence-electron chi connectivity index (χ2n) is 6.79. The number of amides is 1. The molecule has 1 N–H and O–H groups in total. The zero-order valence-electron chi connectivity index (χ0n) is 14.9. The molecule has 0 bridgehead atoms. The summed E-state index contributed by atoms with van der Waals surface area (Å²) >= 11 is 7.36. The minimum absolute atomic E-state index is 0.209. The first kappa shape index (κ1) is 17.2. The third kappa shape index (κ3) is 2.66. The van der Waals surface area contributed by atoms with Gasteiger partial charge in [-0.25, -0.2) is 4.99 Å². The lowest BCUT2D eigenvalue weighted by atomic mass is 10.1. The molecule has 0 saturated heterocycles.